The molecule has 0 radical (unpaired) electrons. The highest BCUT2D eigenvalue weighted by Gasteiger charge is 2.17. The maximum absolute atomic E-state index is 12.7. The van der Waals surface area contributed by atoms with Crippen molar-refractivity contribution in [2.75, 3.05) is 13.2 Å². The van der Waals surface area contributed by atoms with E-state index in [1.807, 2.05) is 60.7 Å². The van der Waals surface area contributed by atoms with Gasteiger partial charge in [-0.1, -0.05) is 48.5 Å². The van der Waals surface area contributed by atoms with E-state index < -0.39 is 11.9 Å². The van der Waals surface area contributed by atoms with Crippen LogP contribution in [0.2, 0.25) is 0 Å². The summed E-state index contributed by atoms with van der Waals surface area (Å²) in [5.74, 6) is -0.962. The Balaban J connectivity index is 1.89. The van der Waals surface area contributed by atoms with Crippen molar-refractivity contribution in [3.63, 3.8) is 0 Å². The fourth-order valence-corrected chi connectivity index (χ4v) is 2.75. The van der Waals surface area contributed by atoms with Gasteiger partial charge < -0.3 is 10.1 Å². The number of benzene rings is 3. The fraction of sp³-hybridized carbons (Fsp3) is 0.150. The number of fused-ring (bicyclic) bond motifs is 2. The molecule has 3 rings (SSSR count). The van der Waals surface area contributed by atoms with E-state index in [1.54, 1.807) is 0 Å². The second-order valence-corrected chi connectivity index (χ2v) is 5.53. The summed E-state index contributed by atoms with van der Waals surface area (Å²) in [6.07, 6.45) is 0.216. The lowest BCUT2D eigenvalue weighted by Gasteiger charge is -2.11. The van der Waals surface area contributed by atoms with Gasteiger partial charge in [-0.2, -0.15) is 5.26 Å². The highest BCUT2D eigenvalue weighted by Crippen LogP contribution is 2.28. The number of hydrogen-bond donors (Lipinski definition) is 1. The number of nitrogens with zero attached hydrogens (tertiary/aromatic N) is 1. The van der Waals surface area contributed by atoms with Crippen LogP contribution in [-0.2, 0) is 9.53 Å². The summed E-state index contributed by atoms with van der Waals surface area (Å²) in [6.45, 7) is -0.133. The summed E-state index contributed by atoms with van der Waals surface area (Å²) >= 11 is 0. The van der Waals surface area contributed by atoms with Gasteiger partial charge in [-0.25, -0.2) is 4.79 Å². The van der Waals surface area contributed by atoms with Gasteiger partial charge >= 0.3 is 5.97 Å². The maximum atomic E-state index is 12.7. The van der Waals surface area contributed by atoms with Gasteiger partial charge in [-0.05, 0) is 27.6 Å². The average molecular weight is 332 g/mol. The summed E-state index contributed by atoms with van der Waals surface area (Å²) in [7, 11) is 0. The average Bonchev–Trinajstić information content (AvgIpc) is 2.64. The number of hydrogen-bond acceptors (Lipinski definition) is 4. The van der Waals surface area contributed by atoms with E-state index in [0.29, 0.717) is 5.56 Å². The van der Waals surface area contributed by atoms with E-state index in [0.717, 1.165) is 21.5 Å². The molecule has 0 fully saturated rings. The minimum absolute atomic E-state index is 0.216. The highest BCUT2D eigenvalue weighted by molar-refractivity contribution is 6.16. The molecule has 3 aromatic rings. The molecule has 0 atom stereocenters. The molecule has 5 nitrogen and oxygen atoms in total. The molecule has 0 aliphatic heterocycles. The summed E-state index contributed by atoms with van der Waals surface area (Å²) in [5.41, 5.74) is 0.457. The molecule has 1 N–H and O–H groups in total. The molecular weight excluding hydrogens is 316 g/mol. The topological polar surface area (TPSA) is 79.2 Å². The predicted octanol–water partition coefficient (Wildman–Crippen LogP) is 3.18. The first kappa shape index (κ1) is 16.5. The molecule has 0 bridgehead atoms. The molecule has 124 valence electrons. The van der Waals surface area contributed by atoms with Crippen LogP contribution in [0.1, 0.15) is 16.8 Å². The number of esters is 1. The maximum Gasteiger partial charge on any atom is 0.339 e. The van der Waals surface area contributed by atoms with Crippen molar-refractivity contribution in [1.82, 2.24) is 5.32 Å². The highest BCUT2D eigenvalue weighted by atomic mass is 16.5. The second kappa shape index (κ2) is 7.45. The monoisotopic (exact) mass is 332 g/mol. The Morgan fingerprint density at radius 1 is 1.00 bits per heavy atom. The standard InChI is InChI=1S/C20H16N2O3/c21-10-5-11-22-18(23)13-25-20(24)19-16-8-3-1-6-14(16)12-15-7-2-4-9-17(15)19/h1-4,6-9,12H,5,11,13H2,(H,22,23). The molecule has 0 aliphatic rings. The number of nitriles is 1. The number of ether oxygens (including phenoxy) is 1. The van der Waals surface area contributed by atoms with Crippen molar-refractivity contribution in [3.05, 3.63) is 60.2 Å². The second-order valence-electron chi connectivity index (χ2n) is 5.53. The zero-order valence-electron chi connectivity index (χ0n) is 13.5. The third-order valence-electron chi connectivity index (χ3n) is 3.87. The quantitative estimate of drug-likeness (QED) is 0.442. The number of carbonyl (C=O) groups is 2. The largest absolute Gasteiger partial charge is 0.452 e. The van der Waals surface area contributed by atoms with Gasteiger partial charge in [0.05, 0.1) is 18.1 Å². The SMILES string of the molecule is N#CCCNC(=O)COC(=O)c1c2ccccc2cc2ccccc12. The van der Waals surface area contributed by atoms with Crippen LogP contribution in [0, 0.1) is 11.3 Å². The third-order valence-corrected chi connectivity index (χ3v) is 3.87. The summed E-state index contributed by atoms with van der Waals surface area (Å²) < 4.78 is 5.20. The van der Waals surface area contributed by atoms with Crippen LogP contribution < -0.4 is 5.32 Å². The Morgan fingerprint density at radius 3 is 2.20 bits per heavy atom. The van der Waals surface area contributed by atoms with Gasteiger partial charge in [0.1, 0.15) is 0 Å². The molecule has 1 amide bonds. The summed E-state index contributed by atoms with van der Waals surface area (Å²) in [6, 6.07) is 19.1. The van der Waals surface area contributed by atoms with Crippen LogP contribution in [-0.4, -0.2) is 25.0 Å². The van der Waals surface area contributed by atoms with Crippen molar-refractivity contribution in [2.45, 2.75) is 6.42 Å². The first-order valence-corrected chi connectivity index (χ1v) is 7.92. The molecule has 0 aliphatic carbocycles. The molecule has 0 spiro atoms. The van der Waals surface area contributed by atoms with Crippen molar-refractivity contribution < 1.29 is 14.3 Å². The zero-order chi connectivity index (χ0) is 17.6. The van der Waals surface area contributed by atoms with E-state index in [1.165, 1.54) is 0 Å². The summed E-state index contributed by atoms with van der Waals surface area (Å²) in [5, 5.41) is 14.4. The molecule has 0 saturated carbocycles. The van der Waals surface area contributed by atoms with Crippen molar-refractivity contribution in [2.24, 2.45) is 0 Å². The third kappa shape index (κ3) is 3.59. The van der Waals surface area contributed by atoms with Gasteiger partial charge in [0.2, 0.25) is 0 Å². The first-order chi connectivity index (χ1) is 12.2. The molecule has 5 heteroatoms. The van der Waals surface area contributed by atoms with Crippen molar-refractivity contribution in [1.29, 1.82) is 5.26 Å². The lowest BCUT2D eigenvalue weighted by atomic mass is 9.97. The lowest BCUT2D eigenvalue weighted by molar-refractivity contribution is -0.124. The van der Waals surface area contributed by atoms with Crippen LogP contribution in [0.3, 0.4) is 0 Å². The molecule has 0 unspecified atom stereocenters. The molecule has 0 saturated heterocycles. The number of nitrogens with one attached hydrogen (secondary N) is 1. The minimum atomic E-state index is -0.538. The molecule has 0 heterocycles. The number of rotatable bonds is 5. The van der Waals surface area contributed by atoms with Crippen molar-refractivity contribution in [3.8, 4) is 6.07 Å². The predicted molar refractivity (Wildman–Crippen MR) is 95.0 cm³/mol. The van der Waals surface area contributed by atoms with E-state index >= 15 is 0 Å². The Bertz CT molecular complexity index is 935. The molecule has 25 heavy (non-hydrogen) atoms. The van der Waals surface area contributed by atoms with E-state index in [-0.39, 0.29) is 19.6 Å². The van der Waals surface area contributed by atoms with Gasteiger partial charge in [0.15, 0.2) is 6.61 Å². The van der Waals surface area contributed by atoms with Gasteiger partial charge in [-0.3, -0.25) is 4.79 Å². The van der Waals surface area contributed by atoms with Crippen LogP contribution in [0.5, 0.6) is 0 Å². The van der Waals surface area contributed by atoms with E-state index in [9.17, 15) is 9.59 Å². The van der Waals surface area contributed by atoms with Gasteiger partial charge in [-0.15, -0.1) is 0 Å². The Labute approximate surface area is 144 Å². The van der Waals surface area contributed by atoms with Crippen LogP contribution >= 0.6 is 0 Å². The van der Waals surface area contributed by atoms with Crippen LogP contribution in [0.15, 0.2) is 54.6 Å². The number of carbonyl (C=O) groups excluding carboxylic acids is 2. The summed E-state index contributed by atoms with van der Waals surface area (Å²) in [4.78, 5) is 24.3. The first-order valence-electron chi connectivity index (χ1n) is 7.92. The number of amides is 1. The normalized spacial score (nSPS) is 10.4. The van der Waals surface area contributed by atoms with Crippen LogP contribution in [0.25, 0.3) is 21.5 Å². The zero-order valence-corrected chi connectivity index (χ0v) is 13.5. The lowest BCUT2D eigenvalue weighted by Crippen LogP contribution is -2.29. The minimum Gasteiger partial charge on any atom is -0.452 e. The Morgan fingerprint density at radius 2 is 1.60 bits per heavy atom. The van der Waals surface area contributed by atoms with Crippen molar-refractivity contribution >= 4 is 33.4 Å². The molecule has 0 aromatic heterocycles. The van der Waals surface area contributed by atoms with Crippen LogP contribution in [0.4, 0.5) is 0 Å². The molecular formula is C20H16N2O3. The molecule has 3 aromatic carbocycles. The fourth-order valence-electron chi connectivity index (χ4n) is 2.75. The van der Waals surface area contributed by atoms with Gasteiger partial charge in [0, 0.05) is 6.54 Å². The van der Waals surface area contributed by atoms with Gasteiger partial charge in [0.25, 0.3) is 5.91 Å². The Kier molecular flexibility index (Phi) is 4.91. The smallest absolute Gasteiger partial charge is 0.339 e. The van der Waals surface area contributed by atoms with E-state index in [4.69, 9.17) is 10.00 Å². The van der Waals surface area contributed by atoms with E-state index in [2.05, 4.69) is 5.32 Å². The Hall–Kier alpha value is -3.39.